The third-order valence-corrected chi connectivity index (χ3v) is 11.0. The molecule has 8 aromatic carbocycles. The molecule has 0 spiro atoms. The monoisotopic (exact) mass is 745 g/mol. The Kier molecular flexibility index (Phi) is 7.09. The van der Waals surface area contributed by atoms with Crippen LogP contribution in [0.5, 0.6) is 23.0 Å². The number of ether oxygens (including phenoxy) is 2. The first-order valence-electron chi connectivity index (χ1n) is 19.3. The Bertz CT molecular complexity index is 3340. The zero-order valence-corrected chi connectivity index (χ0v) is 31.0. The summed E-state index contributed by atoms with van der Waals surface area (Å²) in [6.07, 6.45) is 0. The van der Waals surface area contributed by atoms with E-state index in [0.29, 0.717) is 40.6 Å². The van der Waals surface area contributed by atoms with Gasteiger partial charge in [0.25, 0.3) is 0 Å². The van der Waals surface area contributed by atoms with E-state index in [9.17, 15) is 0 Å². The van der Waals surface area contributed by atoms with E-state index in [-0.39, 0.29) is 0 Å². The van der Waals surface area contributed by atoms with Crippen LogP contribution in [0.4, 0.5) is 0 Å². The van der Waals surface area contributed by atoms with E-state index >= 15 is 0 Å². The van der Waals surface area contributed by atoms with Crippen LogP contribution in [0.2, 0.25) is 0 Å². The molecule has 11 aromatic rings. The number of aromatic nitrogens is 5. The minimum absolute atomic E-state index is 0.507. The molecular formula is C51H31N5O2. The first-order valence-corrected chi connectivity index (χ1v) is 19.3. The lowest BCUT2D eigenvalue weighted by Gasteiger charge is -2.20. The second-order valence-electron chi connectivity index (χ2n) is 14.5. The summed E-state index contributed by atoms with van der Waals surface area (Å²) < 4.78 is 17.4. The van der Waals surface area contributed by atoms with Crippen molar-refractivity contribution in [2.45, 2.75) is 0 Å². The number of nitrogens with zero attached hydrogens (tertiary/aromatic N) is 5. The number of hydrogen-bond donors (Lipinski definition) is 0. The highest BCUT2D eigenvalue weighted by molar-refractivity contribution is 6.13. The second-order valence-corrected chi connectivity index (χ2v) is 14.5. The lowest BCUT2D eigenvalue weighted by atomic mass is 10.0. The van der Waals surface area contributed by atoms with Crippen LogP contribution in [0.3, 0.4) is 0 Å². The van der Waals surface area contributed by atoms with E-state index in [4.69, 9.17) is 24.4 Å². The van der Waals surface area contributed by atoms with Crippen LogP contribution in [0.25, 0.3) is 89.2 Å². The maximum absolute atomic E-state index is 6.47. The maximum atomic E-state index is 6.47. The molecule has 0 fully saturated rings. The molecule has 0 aliphatic carbocycles. The summed E-state index contributed by atoms with van der Waals surface area (Å²) in [4.78, 5) is 15.3. The second kappa shape index (κ2) is 12.8. The SMILES string of the molecule is c1ccc(-c2nc(-c3ccccc3)nc(-n3c4ccc(-c5ccc6c(c5)c5ccccc5n6-c5ccccc5)cc4c4cc5c(cc43)Oc3ccccc3O5)n2)cc1. The Morgan fingerprint density at radius 3 is 1.43 bits per heavy atom. The smallest absolute Gasteiger partial charge is 0.238 e. The summed E-state index contributed by atoms with van der Waals surface area (Å²) in [5.74, 6) is 4.30. The fourth-order valence-corrected chi connectivity index (χ4v) is 8.34. The van der Waals surface area contributed by atoms with E-state index in [1.807, 2.05) is 91.0 Å². The van der Waals surface area contributed by atoms with Gasteiger partial charge in [0.05, 0.1) is 22.1 Å². The van der Waals surface area contributed by atoms with E-state index in [1.165, 1.54) is 16.3 Å². The van der Waals surface area contributed by atoms with Crippen LogP contribution < -0.4 is 9.47 Å². The minimum atomic E-state index is 0.507. The predicted molar refractivity (Wildman–Crippen MR) is 231 cm³/mol. The molecule has 58 heavy (non-hydrogen) atoms. The lowest BCUT2D eigenvalue weighted by Crippen LogP contribution is -2.06. The van der Waals surface area contributed by atoms with Crippen LogP contribution in [0.15, 0.2) is 188 Å². The third-order valence-electron chi connectivity index (χ3n) is 11.0. The van der Waals surface area contributed by atoms with Gasteiger partial charge in [-0.15, -0.1) is 0 Å². The fourth-order valence-electron chi connectivity index (χ4n) is 8.34. The van der Waals surface area contributed by atoms with Crippen molar-refractivity contribution in [3.8, 4) is 68.5 Å². The van der Waals surface area contributed by atoms with Gasteiger partial charge < -0.3 is 14.0 Å². The van der Waals surface area contributed by atoms with E-state index in [2.05, 4.69) is 106 Å². The molecule has 0 atom stereocenters. The van der Waals surface area contributed by atoms with Crippen molar-refractivity contribution in [2.75, 3.05) is 0 Å². The highest BCUT2D eigenvalue weighted by Gasteiger charge is 2.25. The first-order chi connectivity index (χ1) is 28.7. The first kappa shape index (κ1) is 32.2. The summed E-state index contributed by atoms with van der Waals surface area (Å²) in [5, 5.41) is 4.43. The van der Waals surface area contributed by atoms with Gasteiger partial charge in [0, 0.05) is 44.4 Å². The Balaban J connectivity index is 1.10. The van der Waals surface area contributed by atoms with E-state index in [1.54, 1.807) is 0 Å². The van der Waals surface area contributed by atoms with E-state index in [0.717, 1.165) is 55.3 Å². The van der Waals surface area contributed by atoms with Gasteiger partial charge >= 0.3 is 0 Å². The summed E-state index contributed by atoms with van der Waals surface area (Å²) in [5.41, 5.74) is 9.33. The molecule has 7 heteroatoms. The van der Waals surface area contributed by atoms with Gasteiger partial charge in [0.1, 0.15) is 0 Å². The number of hydrogen-bond acceptors (Lipinski definition) is 5. The summed E-state index contributed by atoms with van der Waals surface area (Å²) in [6.45, 7) is 0. The van der Waals surface area contributed by atoms with Crippen LogP contribution >= 0.6 is 0 Å². The Morgan fingerprint density at radius 2 is 0.793 bits per heavy atom. The molecule has 1 aliphatic heterocycles. The van der Waals surface area contributed by atoms with Gasteiger partial charge in [0.15, 0.2) is 34.6 Å². The quantitative estimate of drug-likeness (QED) is 0.175. The standard InChI is InChI=1S/C51H31N5O2/c1-4-14-32(15-5-1)49-52-50(33-16-6-2-7-17-33)54-51(53-49)56-43-27-25-35(29-39(43)40-30-47-48(31-44(40)56)58-46-23-13-12-22-45(46)57-47)34-24-26-42-38(28-34)37-20-10-11-21-41(37)55(42)36-18-8-3-9-19-36/h1-31H. The normalized spacial score (nSPS) is 12.1. The van der Waals surface area contributed by atoms with Gasteiger partial charge in [-0.05, 0) is 71.8 Å². The molecule has 1 aliphatic rings. The molecule has 0 saturated heterocycles. The van der Waals surface area contributed by atoms with Crippen LogP contribution in [0, 0.1) is 0 Å². The molecule has 0 bridgehead atoms. The molecular weight excluding hydrogens is 715 g/mol. The molecule has 0 N–H and O–H groups in total. The van der Waals surface area contributed by atoms with Gasteiger partial charge in [0.2, 0.25) is 5.95 Å². The number of benzene rings is 8. The van der Waals surface area contributed by atoms with Crippen molar-refractivity contribution in [1.29, 1.82) is 0 Å². The Hall–Kier alpha value is -8.03. The number of fused-ring (bicyclic) bond motifs is 8. The third kappa shape index (κ3) is 5.11. The molecule has 0 radical (unpaired) electrons. The number of para-hydroxylation sites is 4. The highest BCUT2D eigenvalue weighted by Crippen LogP contribution is 2.49. The average molecular weight is 746 g/mol. The Morgan fingerprint density at radius 1 is 0.310 bits per heavy atom. The fraction of sp³-hybridized carbons (Fsp3) is 0. The summed E-state index contributed by atoms with van der Waals surface area (Å²) in [7, 11) is 0. The number of rotatable bonds is 5. The molecule has 3 aromatic heterocycles. The van der Waals surface area contributed by atoms with Crippen LogP contribution in [-0.4, -0.2) is 24.1 Å². The van der Waals surface area contributed by atoms with Crippen molar-refractivity contribution < 1.29 is 9.47 Å². The van der Waals surface area contributed by atoms with Gasteiger partial charge in [-0.1, -0.05) is 121 Å². The average Bonchev–Trinajstić information content (AvgIpc) is 3.79. The molecule has 0 amide bonds. The zero-order valence-electron chi connectivity index (χ0n) is 31.0. The van der Waals surface area contributed by atoms with Crippen molar-refractivity contribution in [1.82, 2.24) is 24.1 Å². The van der Waals surface area contributed by atoms with Crippen molar-refractivity contribution in [3.63, 3.8) is 0 Å². The maximum Gasteiger partial charge on any atom is 0.238 e. The molecule has 0 saturated carbocycles. The van der Waals surface area contributed by atoms with Crippen molar-refractivity contribution in [2.24, 2.45) is 0 Å². The van der Waals surface area contributed by atoms with Crippen LogP contribution in [-0.2, 0) is 0 Å². The summed E-state index contributed by atoms with van der Waals surface area (Å²) >= 11 is 0. The van der Waals surface area contributed by atoms with Gasteiger partial charge in [-0.3, -0.25) is 4.57 Å². The largest absolute Gasteiger partial charge is 0.449 e. The molecule has 12 rings (SSSR count). The zero-order chi connectivity index (χ0) is 38.2. The molecule has 0 unspecified atom stereocenters. The van der Waals surface area contributed by atoms with Crippen LogP contribution in [0.1, 0.15) is 0 Å². The molecule has 7 nitrogen and oxygen atoms in total. The van der Waals surface area contributed by atoms with Gasteiger partial charge in [-0.25, -0.2) is 4.98 Å². The van der Waals surface area contributed by atoms with Gasteiger partial charge in [-0.2, -0.15) is 9.97 Å². The molecule has 272 valence electrons. The summed E-state index contributed by atoms with van der Waals surface area (Å²) in [6, 6.07) is 64.6. The molecule has 4 heterocycles. The topological polar surface area (TPSA) is 67.0 Å². The highest BCUT2D eigenvalue weighted by atomic mass is 16.6. The lowest BCUT2D eigenvalue weighted by molar-refractivity contribution is 0.360. The Labute approximate surface area is 332 Å². The van der Waals surface area contributed by atoms with Crippen molar-refractivity contribution >= 4 is 43.6 Å². The van der Waals surface area contributed by atoms with Crippen molar-refractivity contribution in [3.05, 3.63) is 188 Å². The predicted octanol–water partition coefficient (Wildman–Crippen LogP) is 13.0. The van der Waals surface area contributed by atoms with E-state index < -0.39 is 0 Å². The minimum Gasteiger partial charge on any atom is -0.449 e.